The average molecular weight is 464 g/mol. The van der Waals surface area contributed by atoms with Crippen LogP contribution in [0.3, 0.4) is 0 Å². The lowest BCUT2D eigenvalue weighted by molar-refractivity contribution is -0.119. The molecule has 3 aromatic rings. The molecule has 9 heteroatoms. The third kappa shape index (κ3) is 7.15. The van der Waals surface area contributed by atoms with Gasteiger partial charge in [0.05, 0.1) is 18.2 Å². The molecule has 0 aliphatic carbocycles. The Morgan fingerprint density at radius 3 is 1.73 bits per heavy atom. The number of anilines is 3. The Balaban J connectivity index is 1.45. The molecule has 0 spiro atoms. The van der Waals surface area contributed by atoms with Gasteiger partial charge in [-0.2, -0.15) is 0 Å². The molecule has 3 N–H and O–H groups in total. The molecular weight excluding hydrogens is 442 g/mol. The van der Waals surface area contributed by atoms with Crippen LogP contribution in [0.5, 0.6) is 0 Å². The fourth-order valence-electron chi connectivity index (χ4n) is 2.72. The van der Waals surface area contributed by atoms with E-state index < -0.39 is 24.5 Å². The topological polar surface area (TPSA) is 106 Å². The van der Waals surface area contributed by atoms with Gasteiger partial charge in [-0.05, 0) is 72.9 Å². The van der Waals surface area contributed by atoms with Gasteiger partial charge in [-0.15, -0.1) is 0 Å². The highest BCUT2D eigenvalue weighted by molar-refractivity contribution is 7.80. The summed E-state index contributed by atoms with van der Waals surface area (Å²) >= 11 is 5.27. The van der Waals surface area contributed by atoms with Gasteiger partial charge in [-0.25, -0.2) is 9.59 Å². The van der Waals surface area contributed by atoms with Gasteiger partial charge in [-0.1, -0.05) is 18.2 Å². The highest BCUT2D eigenvalue weighted by Gasteiger charge is 2.11. The molecule has 0 unspecified atom stereocenters. The monoisotopic (exact) mass is 463 g/mol. The number of hydrogen-bond donors (Lipinski definition) is 3. The standard InChI is InChI=1S/C24H21N3O5S/c1-31-22(29)16-7-11-19(12-8-16)25-21(28)15-32-23(30)17-9-13-20(14-10-17)27-24(33)26-18-5-3-2-4-6-18/h2-14H,15H2,1H3,(H,25,28)(H2,26,27,33). The maximum atomic E-state index is 12.2. The van der Waals surface area contributed by atoms with E-state index in [9.17, 15) is 14.4 Å². The number of rotatable bonds is 7. The van der Waals surface area contributed by atoms with E-state index >= 15 is 0 Å². The predicted octanol–water partition coefficient (Wildman–Crippen LogP) is 4.08. The Hall–Kier alpha value is -4.24. The van der Waals surface area contributed by atoms with E-state index in [1.807, 2.05) is 30.3 Å². The number of benzene rings is 3. The lowest BCUT2D eigenvalue weighted by Crippen LogP contribution is -2.21. The largest absolute Gasteiger partial charge is 0.465 e. The third-order valence-electron chi connectivity index (χ3n) is 4.33. The number of carbonyl (C=O) groups excluding carboxylic acids is 3. The Kier molecular flexibility index (Phi) is 8.09. The molecule has 0 atom stereocenters. The van der Waals surface area contributed by atoms with Crippen molar-refractivity contribution >= 4 is 52.2 Å². The highest BCUT2D eigenvalue weighted by Crippen LogP contribution is 2.13. The minimum atomic E-state index is -0.636. The second-order valence-corrected chi connectivity index (χ2v) is 7.12. The van der Waals surface area contributed by atoms with Gasteiger partial charge < -0.3 is 25.4 Å². The van der Waals surface area contributed by atoms with Crippen LogP contribution in [0.1, 0.15) is 20.7 Å². The number of amides is 1. The predicted molar refractivity (Wildman–Crippen MR) is 129 cm³/mol. The molecule has 1 amide bonds. The van der Waals surface area contributed by atoms with E-state index in [0.717, 1.165) is 5.69 Å². The van der Waals surface area contributed by atoms with Gasteiger partial charge in [0.15, 0.2) is 11.7 Å². The quantitative estimate of drug-likeness (QED) is 0.356. The SMILES string of the molecule is COC(=O)c1ccc(NC(=O)COC(=O)c2ccc(NC(=S)Nc3ccccc3)cc2)cc1. The molecule has 3 rings (SSSR count). The minimum Gasteiger partial charge on any atom is -0.465 e. The Morgan fingerprint density at radius 2 is 1.18 bits per heavy atom. The number of esters is 2. The van der Waals surface area contributed by atoms with Crippen LogP contribution in [0.25, 0.3) is 0 Å². The summed E-state index contributed by atoms with van der Waals surface area (Å²) in [5, 5.41) is 9.07. The number of ether oxygens (including phenoxy) is 2. The smallest absolute Gasteiger partial charge is 0.338 e. The van der Waals surface area contributed by atoms with E-state index in [4.69, 9.17) is 17.0 Å². The van der Waals surface area contributed by atoms with E-state index in [1.54, 1.807) is 36.4 Å². The molecule has 0 aliphatic rings. The number of nitrogens with one attached hydrogen (secondary N) is 3. The molecule has 0 saturated carbocycles. The number of para-hydroxylation sites is 1. The van der Waals surface area contributed by atoms with Gasteiger partial charge in [0, 0.05) is 17.1 Å². The Labute approximate surface area is 195 Å². The van der Waals surface area contributed by atoms with Crippen LogP contribution in [0.2, 0.25) is 0 Å². The number of carbonyl (C=O) groups is 3. The van der Waals surface area contributed by atoms with Crippen molar-refractivity contribution < 1.29 is 23.9 Å². The van der Waals surface area contributed by atoms with Crippen molar-refractivity contribution in [2.45, 2.75) is 0 Å². The van der Waals surface area contributed by atoms with Crippen LogP contribution in [-0.2, 0) is 14.3 Å². The molecule has 33 heavy (non-hydrogen) atoms. The first kappa shape index (κ1) is 23.4. The van der Waals surface area contributed by atoms with Crippen molar-refractivity contribution in [3.8, 4) is 0 Å². The fraction of sp³-hybridized carbons (Fsp3) is 0.0833. The van der Waals surface area contributed by atoms with Gasteiger partial charge >= 0.3 is 11.9 Å². The summed E-state index contributed by atoms with van der Waals surface area (Å²) in [5.41, 5.74) is 2.65. The number of thiocarbonyl (C=S) groups is 1. The van der Waals surface area contributed by atoms with Crippen molar-refractivity contribution in [1.82, 2.24) is 0 Å². The summed E-state index contributed by atoms with van der Waals surface area (Å²) in [5.74, 6) is -1.62. The summed E-state index contributed by atoms with van der Waals surface area (Å²) in [4.78, 5) is 35.7. The van der Waals surface area contributed by atoms with Crippen LogP contribution >= 0.6 is 12.2 Å². The van der Waals surface area contributed by atoms with Crippen molar-refractivity contribution in [3.05, 3.63) is 90.0 Å². The van der Waals surface area contributed by atoms with E-state index in [2.05, 4.69) is 20.7 Å². The van der Waals surface area contributed by atoms with Crippen LogP contribution in [0, 0.1) is 0 Å². The molecule has 0 saturated heterocycles. The maximum Gasteiger partial charge on any atom is 0.338 e. The Bertz CT molecular complexity index is 1130. The average Bonchev–Trinajstić information content (AvgIpc) is 2.83. The zero-order chi connectivity index (χ0) is 23.6. The highest BCUT2D eigenvalue weighted by atomic mass is 32.1. The normalized spacial score (nSPS) is 9.97. The van der Waals surface area contributed by atoms with E-state index in [0.29, 0.717) is 22.1 Å². The zero-order valence-electron chi connectivity index (χ0n) is 17.7. The summed E-state index contributed by atoms with van der Waals surface area (Å²) in [6, 6.07) is 22.1. The van der Waals surface area contributed by atoms with Crippen molar-refractivity contribution in [3.63, 3.8) is 0 Å². The van der Waals surface area contributed by atoms with Crippen molar-refractivity contribution in [1.29, 1.82) is 0 Å². The van der Waals surface area contributed by atoms with Crippen LogP contribution in [0.15, 0.2) is 78.9 Å². The maximum absolute atomic E-state index is 12.2. The summed E-state index contributed by atoms with van der Waals surface area (Å²) in [6.07, 6.45) is 0. The lowest BCUT2D eigenvalue weighted by Gasteiger charge is -2.11. The molecular formula is C24H21N3O5S. The van der Waals surface area contributed by atoms with Gasteiger partial charge in [0.1, 0.15) is 0 Å². The van der Waals surface area contributed by atoms with Crippen LogP contribution < -0.4 is 16.0 Å². The molecule has 3 aromatic carbocycles. The first-order chi connectivity index (χ1) is 15.9. The van der Waals surface area contributed by atoms with Gasteiger partial charge in [0.25, 0.3) is 5.91 Å². The molecule has 0 bridgehead atoms. The van der Waals surface area contributed by atoms with Crippen molar-refractivity contribution in [2.75, 3.05) is 29.7 Å². The van der Waals surface area contributed by atoms with Crippen molar-refractivity contribution in [2.24, 2.45) is 0 Å². The molecule has 0 aliphatic heterocycles. The van der Waals surface area contributed by atoms with E-state index in [-0.39, 0.29) is 5.56 Å². The summed E-state index contributed by atoms with van der Waals surface area (Å²) in [6.45, 7) is -0.456. The van der Waals surface area contributed by atoms with Gasteiger partial charge in [-0.3, -0.25) is 4.79 Å². The number of hydrogen-bond acceptors (Lipinski definition) is 6. The minimum absolute atomic E-state index is 0.290. The third-order valence-corrected chi connectivity index (χ3v) is 4.54. The molecule has 8 nitrogen and oxygen atoms in total. The molecule has 0 aromatic heterocycles. The molecule has 0 radical (unpaired) electrons. The molecule has 0 fully saturated rings. The van der Waals surface area contributed by atoms with Gasteiger partial charge in [0.2, 0.25) is 0 Å². The van der Waals surface area contributed by atoms with Crippen LogP contribution in [-0.4, -0.2) is 36.7 Å². The first-order valence-electron chi connectivity index (χ1n) is 9.83. The second-order valence-electron chi connectivity index (χ2n) is 6.72. The van der Waals surface area contributed by atoms with E-state index in [1.165, 1.54) is 19.2 Å². The summed E-state index contributed by atoms with van der Waals surface area (Å²) in [7, 11) is 1.29. The molecule has 168 valence electrons. The Morgan fingerprint density at radius 1 is 0.697 bits per heavy atom. The second kappa shape index (κ2) is 11.4. The zero-order valence-corrected chi connectivity index (χ0v) is 18.5. The summed E-state index contributed by atoms with van der Waals surface area (Å²) < 4.78 is 9.67. The molecule has 0 heterocycles. The number of methoxy groups -OCH3 is 1. The van der Waals surface area contributed by atoms with Crippen LogP contribution in [0.4, 0.5) is 17.1 Å². The lowest BCUT2D eigenvalue weighted by atomic mass is 10.2. The first-order valence-corrected chi connectivity index (χ1v) is 10.2. The fourth-order valence-corrected chi connectivity index (χ4v) is 2.96.